The standard InChI is InChI=1S/C20H26N2O5/c1-11-5-6-14(8-12(11)2)27-17-10-13(9-16(23)18(17)24)19(25)22-15-4-3-7-21-20(15)26/h5-6,8,10,15-18,23-24H,3-4,7,9H2,1-2H3,(H,21,26)(H,22,25)/t15-,16+,17+,18+/m0/s1. The Morgan fingerprint density at radius 2 is 2.04 bits per heavy atom. The summed E-state index contributed by atoms with van der Waals surface area (Å²) in [5, 5.41) is 25.9. The summed E-state index contributed by atoms with van der Waals surface area (Å²) in [5.41, 5.74) is 2.47. The molecule has 146 valence electrons. The zero-order valence-electron chi connectivity index (χ0n) is 15.6. The van der Waals surface area contributed by atoms with Crippen LogP contribution in [-0.4, -0.2) is 52.9 Å². The largest absolute Gasteiger partial charge is 0.484 e. The van der Waals surface area contributed by atoms with Gasteiger partial charge in [-0.25, -0.2) is 0 Å². The van der Waals surface area contributed by atoms with Crippen molar-refractivity contribution in [3.05, 3.63) is 41.0 Å². The van der Waals surface area contributed by atoms with Crippen LogP contribution in [0.4, 0.5) is 0 Å². The average molecular weight is 374 g/mol. The molecule has 1 aliphatic heterocycles. The lowest BCUT2D eigenvalue weighted by atomic mass is 9.91. The number of hydrogen-bond donors (Lipinski definition) is 4. The molecule has 0 unspecified atom stereocenters. The van der Waals surface area contributed by atoms with Gasteiger partial charge in [-0.3, -0.25) is 9.59 Å². The summed E-state index contributed by atoms with van der Waals surface area (Å²) in [5.74, 6) is -0.0647. The summed E-state index contributed by atoms with van der Waals surface area (Å²) in [6.45, 7) is 4.56. The van der Waals surface area contributed by atoms with E-state index in [1.54, 1.807) is 6.07 Å². The Labute approximate surface area is 158 Å². The third-order valence-corrected chi connectivity index (χ3v) is 5.16. The molecule has 2 amide bonds. The fraction of sp³-hybridized carbons (Fsp3) is 0.500. The maximum absolute atomic E-state index is 12.6. The number of piperidine rings is 1. The lowest BCUT2D eigenvalue weighted by Gasteiger charge is -2.31. The molecule has 27 heavy (non-hydrogen) atoms. The fourth-order valence-electron chi connectivity index (χ4n) is 3.31. The van der Waals surface area contributed by atoms with Gasteiger partial charge in [0.2, 0.25) is 11.8 Å². The molecule has 3 rings (SSSR count). The molecule has 0 bridgehead atoms. The van der Waals surface area contributed by atoms with Crippen LogP contribution in [0.5, 0.6) is 5.75 Å². The molecule has 2 aliphatic rings. The predicted octanol–water partition coefficient (Wildman–Crippen LogP) is 0.498. The molecular formula is C20H26N2O5. The lowest BCUT2D eigenvalue weighted by molar-refractivity contribution is -0.129. The van der Waals surface area contributed by atoms with Crippen LogP contribution in [0.3, 0.4) is 0 Å². The van der Waals surface area contributed by atoms with E-state index in [-0.39, 0.29) is 12.3 Å². The van der Waals surface area contributed by atoms with Gasteiger partial charge < -0.3 is 25.6 Å². The second kappa shape index (κ2) is 8.10. The number of aryl methyl sites for hydroxylation is 2. The molecule has 4 atom stereocenters. The van der Waals surface area contributed by atoms with Crippen molar-refractivity contribution in [2.75, 3.05) is 6.54 Å². The van der Waals surface area contributed by atoms with E-state index < -0.39 is 30.3 Å². The maximum atomic E-state index is 12.6. The monoisotopic (exact) mass is 374 g/mol. The first-order chi connectivity index (χ1) is 12.8. The number of nitrogens with one attached hydrogen (secondary N) is 2. The number of aliphatic hydroxyl groups is 2. The van der Waals surface area contributed by atoms with Gasteiger partial charge in [0.25, 0.3) is 0 Å². The molecule has 7 heteroatoms. The fourth-order valence-corrected chi connectivity index (χ4v) is 3.31. The lowest BCUT2D eigenvalue weighted by Crippen LogP contribution is -2.51. The Morgan fingerprint density at radius 3 is 2.74 bits per heavy atom. The molecule has 1 aromatic carbocycles. The van der Waals surface area contributed by atoms with Crippen LogP contribution < -0.4 is 15.4 Å². The van der Waals surface area contributed by atoms with Crippen LogP contribution >= 0.6 is 0 Å². The van der Waals surface area contributed by atoms with Crippen LogP contribution in [0, 0.1) is 13.8 Å². The Balaban J connectivity index is 1.74. The molecule has 1 heterocycles. The van der Waals surface area contributed by atoms with Crippen molar-refractivity contribution < 1.29 is 24.5 Å². The van der Waals surface area contributed by atoms with E-state index in [0.717, 1.165) is 17.5 Å². The van der Waals surface area contributed by atoms with Crippen LogP contribution in [0.1, 0.15) is 30.4 Å². The Bertz CT molecular complexity index is 761. The molecule has 0 radical (unpaired) electrons. The predicted molar refractivity (Wildman–Crippen MR) is 99.2 cm³/mol. The molecule has 0 spiro atoms. The summed E-state index contributed by atoms with van der Waals surface area (Å²) < 4.78 is 5.82. The van der Waals surface area contributed by atoms with Gasteiger partial charge in [-0.1, -0.05) is 6.07 Å². The third kappa shape index (κ3) is 4.48. The number of carbonyl (C=O) groups excluding carboxylic acids is 2. The van der Waals surface area contributed by atoms with Crippen molar-refractivity contribution in [1.29, 1.82) is 0 Å². The molecule has 4 N–H and O–H groups in total. The van der Waals surface area contributed by atoms with E-state index in [1.165, 1.54) is 6.08 Å². The van der Waals surface area contributed by atoms with Crippen molar-refractivity contribution in [1.82, 2.24) is 10.6 Å². The minimum atomic E-state index is -1.14. The van der Waals surface area contributed by atoms with Gasteiger partial charge in [-0.15, -0.1) is 0 Å². The number of aliphatic hydroxyl groups excluding tert-OH is 2. The van der Waals surface area contributed by atoms with Gasteiger partial charge in [-0.05, 0) is 56.0 Å². The number of carbonyl (C=O) groups is 2. The van der Waals surface area contributed by atoms with Gasteiger partial charge in [-0.2, -0.15) is 0 Å². The Kier molecular flexibility index (Phi) is 5.82. The van der Waals surface area contributed by atoms with E-state index in [0.29, 0.717) is 24.3 Å². The Morgan fingerprint density at radius 1 is 1.26 bits per heavy atom. The average Bonchev–Trinajstić information content (AvgIpc) is 2.63. The van der Waals surface area contributed by atoms with E-state index >= 15 is 0 Å². The molecular weight excluding hydrogens is 348 g/mol. The van der Waals surface area contributed by atoms with E-state index in [2.05, 4.69) is 10.6 Å². The summed E-state index contributed by atoms with van der Waals surface area (Å²) in [6, 6.07) is 4.98. The highest BCUT2D eigenvalue weighted by molar-refractivity contribution is 5.97. The summed E-state index contributed by atoms with van der Waals surface area (Å²) in [6.07, 6.45) is -0.185. The number of rotatable bonds is 4. The highest BCUT2D eigenvalue weighted by atomic mass is 16.5. The molecule has 1 aromatic rings. The summed E-state index contributed by atoms with van der Waals surface area (Å²) >= 11 is 0. The van der Waals surface area contributed by atoms with Crippen LogP contribution in [0.2, 0.25) is 0 Å². The maximum Gasteiger partial charge on any atom is 0.247 e. The van der Waals surface area contributed by atoms with Gasteiger partial charge in [0, 0.05) is 18.5 Å². The van der Waals surface area contributed by atoms with E-state index in [9.17, 15) is 19.8 Å². The number of benzene rings is 1. The van der Waals surface area contributed by atoms with E-state index in [1.807, 2.05) is 26.0 Å². The Hall–Kier alpha value is -2.38. The van der Waals surface area contributed by atoms with Crippen molar-refractivity contribution in [2.24, 2.45) is 0 Å². The van der Waals surface area contributed by atoms with Crippen molar-refractivity contribution in [2.45, 2.75) is 57.5 Å². The minimum Gasteiger partial charge on any atom is -0.484 e. The van der Waals surface area contributed by atoms with Crippen molar-refractivity contribution >= 4 is 11.8 Å². The zero-order chi connectivity index (χ0) is 19.6. The first kappa shape index (κ1) is 19.4. The number of ether oxygens (including phenoxy) is 1. The quantitative estimate of drug-likeness (QED) is 0.614. The minimum absolute atomic E-state index is 0.00806. The SMILES string of the molecule is Cc1ccc(O[C@@H]2C=C(C(=O)N[C@H]3CCCNC3=O)C[C@@H](O)[C@H]2O)cc1C. The first-order valence-electron chi connectivity index (χ1n) is 9.24. The highest BCUT2D eigenvalue weighted by Gasteiger charge is 2.35. The number of hydrogen-bond acceptors (Lipinski definition) is 5. The summed E-state index contributed by atoms with van der Waals surface area (Å²) in [7, 11) is 0. The zero-order valence-corrected chi connectivity index (χ0v) is 15.6. The van der Waals surface area contributed by atoms with Gasteiger partial charge >= 0.3 is 0 Å². The molecule has 1 aliphatic carbocycles. The smallest absolute Gasteiger partial charge is 0.247 e. The van der Waals surface area contributed by atoms with Gasteiger partial charge in [0.1, 0.15) is 24.0 Å². The van der Waals surface area contributed by atoms with Crippen molar-refractivity contribution in [3.63, 3.8) is 0 Å². The second-order valence-corrected chi connectivity index (χ2v) is 7.24. The highest BCUT2D eigenvalue weighted by Crippen LogP contribution is 2.25. The van der Waals surface area contributed by atoms with Crippen LogP contribution in [0.15, 0.2) is 29.8 Å². The second-order valence-electron chi connectivity index (χ2n) is 7.24. The normalized spacial score (nSPS) is 28.1. The molecule has 1 saturated heterocycles. The third-order valence-electron chi connectivity index (χ3n) is 5.16. The number of amides is 2. The molecule has 1 fully saturated rings. The first-order valence-corrected chi connectivity index (χ1v) is 9.24. The van der Waals surface area contributed by atoms with E-state index in [4.69, 9.17) is 4.74 Å². The van der Waals surface area contributed by atoms with Gasteiger partial charge in [0.15, 0.2) is 0 Å². The van der Waals surface area contributed by atoms with Crippen LogP contribution in [-0.2, 0) is 9.59 Å². The summed E-state index contributed by atoms with van der Waals surface area (Å²) in [4.78, 5) is 24.4. The van der Waals surface area contributed by atoms with Crippen LogP contribution in [0.25, 0.3) is 0 Å². The topological polar surface area (TPSA) is 108 Å². The molecule has 0 saturated carbocycles. The van der Waals surface area contributed by atoms with Crippen molar-refractivity contribution in [3.8, 4) is 5.75 Å². The van der Waals surface area contributed by atoms with Gasteiger partial charge in [0.05, 0.1) is 6.10 Å². The molecule has 0 aromatic heterocycles. The molecule has 7 nitrogen and oxygen atoms in total.